The quantitative estimate of drug-likeness (QED) is 0.0888. The van der Waals surface area contributed by atoms with Crippen molar-refractivity contribution in [3.63, 3.8) is 0 Å². The van der Waals surface area contributed by atoms with Crippen LogP contribution in [0.2, 0.25) is 0 Å². The summed E-state index contributed by atoms with van der Waals surface area (Å²) in [7, 11) is 0. The molecule has 0 aromatic heterocycles. The van der Waals surface area contributed by atoms with Gasteiger partial charge < -0.3 is 15.5 Å². The first-order valence-electron chi connectivity index (χ1n) is 17.4. The maximum atomic E-state index is 12.3. The fourth-order valence-corrected chi connectivity index (χ4v) is 4.43. The van der Waals surface area contributed by atoms with E-state index < -0.39 is 0 Å². The highest BCUT2D eigenvalue weighted by Crippen LogP contribution is 2.20. The van der Waals surface area contributed by atoms with Crippen LogP contribution in [0.5, 0.6) is 0 Å². The predicted octanol–water partition coefficient (Wildman–Crippen LogP) is 11.4. The van der Waals surface area contributed by atoms with Gasteiger partial charge >= 0.3 is 0 Å². The number of unbranched alkanes of at least 4 members (excludes halogenated alkanes) is 2. The molecule has 46 heavy (non-hydrogen) atoms. The van der Waals surface area contributed by atoms with E-state index in [0.717, 1.165) is 18.4 Å². The van der Waals surface area contributed by atoms with Gasteiger partial charge in [0.1, 0.15) is 0 Å². The summed E-state index contributed by atoms with van der Waals surface area (Å²) < 4.78 is 0. The van der Waals surface area contributed by atoms with Crippen LogP contribution < -0.4 is 15.5 Å². The number of benzene rings is 2. The third kappa shape index (κ3) is 19.0. The van der Waals surface area contributed by atoms with Gasteiger partial charge in [0.15, 0.2) is 0 Å². The number of anilines is 2. The van der Waals surface area contributed by atoms with E-state index in [0.29, 0.717) is 28.9 Å². The molecule has 2 aromatic carbocycles. The number of para-hydroxylation sites is 1. The van der Waals surface area contributed by atoms with Gasteiger partial charge in [-0.1, -0.05) is 96.9 Å². The fourth-order valence-electron chi connectivity index (χ4n) is 4.43. The van der Waals surface area contributed by atoms with Crippen LogP contribution in [0, 0.1) is 13.8 Å². The van der Waals surface area contributed by atoms with Crippen molar-refractivity contribution in [1.29, 1.82) is 0 Å². The molecule has 0 saturated carbocycles. The van der Waals surface area contributed by atoms with Gasteiger partial charge in [-0.25, -0.2) is 0 Å². The van der Waals surface area contributed by atoms with E-state index in [4.69, 9.17) is 0 Å². The van der Waals surface area contributed by atoms with Crippen molar-refractivity contribution >= 4 is 23.2 Å². The summed E-state index contributed by atoms with van der Waals surface area (Å²) in [5, 5.41) is 5.73. The largest absolute Gasteiger partial charge is 0.371 e. The second-order valence-electron chi connectivity index (χ2n) is 11.4. The van der Waals surface area contributed by atoms with Gasteiger partial charge in [-0.2, -0.15) is 0 Å². The molecule has 2 amide bonds. The highest BCUT2D eigenvalue weighted by Gasteiger charge is 2.13. The van der Waals surface area contributed by atoms with Gasteiger partial charge in [-0.15, -0.1) is 6.58 Å². The lowest BCUT2D eigenvalue weighted by atomic mass is 10.1. The van der Waals surface area contributed by atoms with E-state index in [2.05, 4.69) is 94.5 Å². The Labute approximate surface area is 283 Å². The number of carbonyl (C=O) groups is 2. The van der Waals surface area contributed by atoms with E-state index >= 15 is 0 Å². The Kier molecular flexibility index (Phi) is 26.8. The molecule has 0 aliphatic carbocycles. The number of rotatable bonds is 15. The smallest absolute Gasteiger partial charge is 0.255 e. The Morgan fingerprint density at radius 1 is 0.826 bits per heavy atom. The highest BCUT2D eigenvalue weighted by atomic mass is 16.2. The number of hydrogen-bond acceptors (Lipinski definition) is 3. The van der Waals surface area contributed by atoms with Gasteiger partial charge in [0.2, 0.25) is 0 Å². The fraction of sp³-hybridized carbons (Fsp3) is 0.512. The second-order valence-corrected chi connectivity index (χ2v) is 11.4. The van der Waals surface area contributed by atoms with E-state index in [1.54, 1.807) is 32.1 Å². The molecule has 258 valence electrons. The number of carbonyl (C=O) groups excluding carboxylic acids is 2. The van der Waals surface area contributed by atoms with Crippen LogP contribution in [0.1, 0.15) is 129 Å². The molecule has 0 aliphatic heterocycles. The zero-order valence-corrected chi connectivity index (χ0v) is 31.4. The summed E-state index contributed by atoms with van der Waals surface area (Å²) in [5.74, 6) is -0.341. The van der Waals surface area contributed by atoms with Crippen LogP contribution in [0.4, 0.5) is 11.4 Å². The van der Waals surface area contributed by atoms with Crippen molar-refractivity contribution in [2.45, 2.75) is 121 Å². The molecule has 0 radical (unpaired) electrons. The lowest BCUT2D eigenvalue weighted by Crippen LogP contribution is -2.25. The monoisotopic (exact) mass is 634 g/mol. The number of aryl methyl sites for hydroxylation is 2. The molecular formula is C41H67N3O2. The Hall–Kier alpha value is -3.60. The molecule has 0 spiro atoms. The van der Waals surface area contributed by atoms with E-state index in [1.165, 1.54) is 62.0 Å². The lowest BCUT2D eigenvalue weighted by molar-refractivity contribution is -0.112. The molecule has 5 heteroatoms. The molecular weight excluding hydrogens is 566 g/mol. The van der Waals surface area contributed by atoms with Crippen LogP contribution in [0.3, 0.4) is 0 Å². The molecule has 0 unspecified atom stereocenters. The van der Waals surface area contributed by atoms with Crippen molar-refractivity contribution in [2.24, 2.45) is 0 Å². The number of hydrogen-bond donors (Lipinski definition) is 2. The molecule has 2 rings (SSSR count). The van der Waals surface area contributed by atoms with Crippen molar-refractivity contribution < 1.29 is 9.59 Å². The molecule has 0 atom stereocenters. The van der Waals surface area contributed by atoms with Crippen LogP contribution in [-0.4, -0.2) is 31.4 Å². The zero-order valence-electron chi connectivity index (χ0n) is 31.4. The minimum Gasteiger partial charge on any atom is -0.371 e. The Morgan fingerprint density at radius 3 is 1.87 bits per heavy atom. The summed E-state index contributed by atoms with van der Waals surface area (Å²) in [5.41, 5.74) is 7.42. The van der Waals surface area contributed by atoms with Crippen molar-refractivity contribution in [1.82, 2.24) is 5.32 Å². The number of nitrogens with zero attached hydrogens (tertiary/aromatic N) is 1. The standard InChI is InChI=1S/C19H26N2O2.C13H21N.C7H14.C2H6/c1-6-8-11-20-18(22)15-10-9-14(5)17(12-15)21-19(23)16(7-2)13(3)4;1-4-10-14(11-5-2)13-9-7-6-8-12(13)3;1-4-5-6-7(2)3;1-2/h7,9-10,12H,3,6,8,11H2,1-2,4-5H3,(H,20,22)(H,21,23);6-9H,4-5,10-11H2,1-3H3;2,4-6H2,1,3H3;1-2H3/b16-7+;;;. The third-order valence-corrected chi connectivity index (χ3v) is 6.96. The van der Waals surface area contributed by atoms with Gasteiger partial charge in [-0.05, 0) is 102 Å². The van der Waals surface area contributed by atoms with Crippen molar-refractivity contribution in [2.75, 3.05) is 29.9 Å². The Morgan fingerprint density at radius 2 is 1.41 bits per heavy atom. The molecule has 0 heterocycles. The summed E-state index contributed by atoms with van der Waals surface area (Å²) in [6, 6.07) is 14.0. The van der Waals surface area contributed by atoms with Crippen LogP contribution >= 0.6 is 0 Å². The average molecular weight is 634 g/mol. The van der Waals surface area contributed by atoms with Crippen molar-refractivity contribution in [3.05, 3.63) is 95.1 Å². The van der Waals surface area contributed by atoms with Crippen LogP contribution in [-0.2, 0) is 4.79 Å². The van der Waals surface area contributed by atoms with Crippen molar-refractivity contribution in [3.8, 4) is 0 Å². The Bertz CT molecular complexity index is 1190. The first-order valence-corrected chi connectivity index (χ1v) is 17.4. The van der Waals surface area contributed by atoms with Gasteiger partial charge in [0.25, 0.3) is 11.8 Å². The number of amides is 2. The van der Waals surface area contributed by atoms with Crippen LogP contribution in [0.15, 0.2) is 78.4 Å². The molecule has 0 fully saturated rings. The molecule has 5 nitrogen and oxygen atoms in total. The van der Waals surface area contributed by atoms with Gasteiger partial charge in [0, 0.05) is 42.1 Å². The minimum atomic E-state index is -0.216. The highest BCUT2D eigenvalue weighted by molar-refractivity contribution is 6.07. The normalized spacial score (nSPS) is 10.1. The molecule has 0 saturated heterocycles. The zero-order chi connectivity index (χ0) is 35.5. The first-order chi connectivity index (χ1) is 22.0. The summed E-state index contributed by atoms with van der Waals surface area (Å²) in [6.07, 6.45) is 9.93. The number of nitrogens with one attached hydrogen (secondary N) is 2. The molecule has 2 aromatic rings. The average Bonchev–Trinajstić information content (AvgIpc) is 3.03. The summed E-state index contributed by atoms with van der Waals surface area (Å²) >= 11 is 0. The molecule has 0 aliphatic rings. The lowest BCUT2D eigenvalue weighted by Gasteiger charge is -2.25. The summed E-state index contributed by atoms with van der Waals surface area (Å²) in [6.45, 7) is 33.1. The van der Waals surface area contributed by atoms with Crippen LogP contribution in [0.25, 0.3) is 0 Å². The predicted molar refractivity (Wildman–Crippen MR) is 205 cm³/mol. The Balaban J connectivity index is 0. The minimum absolute atomic E-state index is 0.125. The SMILES string of the molecule is C=C(C)/C(=C\C)C(=O)Nc1cc(C(=O)NCCCC)ccc1C.C=C(C)CCCC.CC.CCCN(CCC)c1ccccc1C. The summed E-state index contributed by atoms with van der Waals surface area (Å²) in [4.78, 5) is 26.9. The molecule has 0 bridgehead atoms. The third-order valence-electron chi connectivity index (χ3n) is 6.96. The maximum Gasteiger partial charge on any atom is 0.255 e. The van der Waals surface area contributed by atoms with Gasteiger partial charge in [-0.3, -0.25) is 9.59 Å². The van der Waals surface area contributed by atoms with E-state index in [9.17, 15) is 9.59 Å². The number of allylic oxidation sites excluding steroid dienone is 2. The topological polar surface area (TPSA) is 61.4 Å². The van der Waals surface area contributed by atoms with Gasteiger partial charge in [0.05, 0.1) is 0 Å². The van der Waals surface area contributed by atoms with E-state index in [-0.39, 0.29) is 11.8 Å². The second kappa shape index (κ2) is 27.7. The maximum absolute atomic E-state index is 12.3. The first kappa shape index (κ1) is 44.5. The molecule has 2 N–H and O–H groups in total. The van der Waals surface area contributed by atoms with E-state index in [1.807, 2.05) is 26.8 Å².